The zero-order chi connectivity index (χ0) is 13.5. The van der Waals surface area contributed by atoms with Crippen molar-refractivity contribution >= 4 is 23.5 Å². The van der Waals surface area contributed by atoms with Gasteiger partial charge in [-0.3, -0.25) is 4.79 Å². The predicted molar refractivity (Wildman–Crippen MR) is 70.3 cm³/mol. The first kappa shape index (κ1) is 14.3. The summed E-state index contributed by atoms with van der Waals surface area (Å²) in [5.74, 6) is -0.261. The van der Waals surface area contributed by atoms with Gasteiger partial charge in [-0.05, 0) is 31.0 Å². The van der Waals surface area contributed by atoms with Crippen LogP contribution in [-0.2, 0) is 11.2 Å². The van der Waals surface area contributed by atoms with Gasteiger partial charge >= 0.3 is 6.03 Å². The average molecular weight is 270 g/mol. The highest BCUT2D eigenvalue weighted by Gasteiger charge is 2.12. The maximum absolute atomic E-state index is 11.5. The molecule has 1 aromatic rings. The van der Waals surface area contributed by atoms with Crippen molar-refractivity contribution in [2.75, 3.05) is 6.54 Å². The molecule has 0 aliphatic rings. The summed E-state index contributed by atoms with van der Waals surface area (Å²) < 4.78 is 0. The summed E-state index contributed by atoms with van der Waals surface area (Å²) in [6.45, 7) is 2.06. The summed E-state index contributed by atoms with van der Waals surface area (Å²) in [7, 11) is 0. The van der Waals surface area contributed by atoms with Crippen molar-refractivity contribution in [3.8, 4) is 0 Å². The zero-order valence-electron chi connectivity index (χ0n) is 10.1. The van der Waals surface area contributed by atoms with E-state index in [4.69, 9.17) is 17.3 Å². The van der Waals surface area contributed by atoms with E-state index in [0.717, 1.165) is 5.56 Å². The molecule has 4 N–H and O–H groups in total. The normalized spacial score (nSPS) is 11.7. The van der Waals surface area contributed by atoms with Gasteiger partial charge in [0.2, 0.25) is 5.91 Å². The van der Waals surface area contributed by atoms with Crippen LogP contribution in [0.4, 0.5) is 4.79 Å². The third-order valence-electron chi connectivity index (χ3n) is 2.38. The van der Waals surface area contributed by atoms with Gasteiger partial charge in [0.05, 0.1) is 0 Å². The van der Waals surface area contributed by atoms with Crippen molar-refractivity contribution < 1.29 is 9.59 Å². The first-order chi connectivity index (χ1) is 8.49. The van der Waals surface area contributed by atoms with Crippen molar-refractivity contribution in [1.29, 1.82) is 0 Å². The summed E-state index contributed by atoms with van der Waals surface area (Å²) in [6, 6.07) is 6.06. The molecule has 0 aromatic heterocycles. The molecule has 0 bridgehead atoms. The molecule has 0 aliphatic heterocycles. The molecule has 0 heterocycles. The van der Waals surface area contributed by atoms with Crippen LogP contribution in [0.3, 0.4) is 0 Å². The van der Waals surface area contributed by atoms with Crippen LogP contribution in [0, 0.1) is 0 Å². The molecular weight excluding hydrogens is 254 g/mol. The van der Waals surface area contributed by atoms with Gasteiger partial charge in [0.1, 0.15) is 6.04 Å². The molecule has 1 aromatic carbocycles. The van der Waals surface area contributed by atoms with Gasteiger partial charge in [-0.2, -0.15) is 0 Å². The number of carbonyl (C=O) groups excluding carboxylic acids is 2. The SMILES string of the molecule is C[C@H](NC(N)=O)C(=O)NCCc1ccc(Cl)cc1. The van der Waals surface area contributed by atoms with E-state index in [1.54, 1.807) is 19.1 Å². The van der Waals surface area contributed by atoms with Crippen LogP contribution >= 0.6 is 11.6 Å². The van der Waals surface area contributed by atoms with Gasteiger partial charge in [0, 0.05) is 11.6 Å². The largest absolute Gasteiger partial charge is 0.354 e. The highest BCUT2D eigenvalue weighted by atomic mass is 35.5. The molecule has 0 unspecified atom stereocenters. The molecule has 1 atom stereocenters. The second-order valence-electron chi connectivity index (χ2n) is 3.90. The summed E-state index contributed by atoms with van der Waals surface area (Å²) in [4.78, 5) is 22.1. The lowest BCUT2D eigenvalue weighted by Gasteiger charge is -2.12. The van der Waals surface area contributed by atoms with Crippen LogP contribution in [0.25, 0.3) is 0 Å². The van der Waals surface area contributed by atoms with E-state index < -0.39 is 12.1 Å². The Morgan fingerprint density at radius 1 is 1.33 bits per heavy atom. The smallest absolute Gasteiger partial charge is 0.312 e. The van der Waals surface area contributed by atoms with Gasteiger partial charge in [-0.1, -0.05) is 23.7 Å². The van der Waals surface area contributed by atoms with Crippen molar-refractivity contribution in [1.82, 2.24) is 10.6 Å². The highest BCUT2D eigenvalue weighted by Crippen LogP contribution is 2.09. The number of nitrogens with two attached hydrogens (primary N) is 1. The number of benzene rings is 1. The fourth-order valence-electron chi connectivity index (χ4n) is 1.41. The number of hydrogen-bond donors (Lipinski definition) is 3. The van der Waals surface area contributed by atoms with Gasteiger partial charge < -0.3 is 16.4 Å². The Balaban J connectivity index is 2.31. The van der Waals surface area contributed by atoms with E-state index in [1.807, 2.05) is 12.1 Å². The number of carbonyl (C=O) groups is 2. The van der Waals surface area contributed by atoms with Crippen LogP contribution in [0.15, 0.2) is 24.3 Å². The van der Waals surface area contributed by atoms with Crippen LogP contribution in [0.5, 0.6) is 0 Å². The molecule has 0 aliphatic carbocycles. The summed E-state index contributed by atoms with van der Waals surface area (Å²) in [6.07, 6.45) is 0.701. The maximum atomic E-state index is 11.5. The predicted octanol–water partition coefficient (Wildman–Crippen LogP) is 1.06. The standard InChI is InChI=1S/C12H16ClN3O2/c1-8(16-12(14)18)11(17)15-7-6-9-2-4-10(13)5-3-9/h2-5,8H,6-7H2,1H3,(H,15,17)(H3,14,16,18)/t8-/m0/s1. The molecule has 1 rings (SSSR count). The molecule has 0 spiro atoms. The Morgan fingerprint density at radius 3 is 2.50 bits per heavy atom. The van der Waals surface area contributed by atoms with E-state index in [1.165, 1.54) is 0 Å². The van der Waals surface area contributed by atoms with E-state index in [9.17, 15) is 9.59 Å². The minimum absolute atomic E-state index is 0.261. The lowest BCUT2D eigenvalue weighted by Crippen LogP contribution is -2.47. The maximum Gasteiger partial charge on any atom is 0.312 e. The third kappa shape index (κ3) is 5.05. The number of hydrogen-bond acceptors (Lipinski definition) is 2. The molecule has 3 amide bonds. The minimum Gasteiger partial charge on any atom is -0.354 e. The Labute approximate surface area is 111 Å². The summed E-state index contributed by atoms with van der Waals surface area (Å²) in [5, 5.41) is 5.70. The summed E-state index contributed by atoms with van der Waals surface area (Å²) in [5.41, 5.74) is 6.00. The fourth-order valence-corrected chi connectivity index (χ4v) is 1.54. The second kappa shape index (κ2) is 6.86. The lowest BCUT2D eigenvalue weighted by molar-refractivity contribution is -0.122. The number of nitrogens with one attached hydrogen (secondary N) is 2. The number of amides is 3. The van der Waals surface area contributed by atoms with E-state index in [0.29, 0.717) is 18.0 Å². The topological polar surface area (TPSA) is 84.2 Å². The van der Waals surface area contributed by atoms with Gasteiger partial charge in [0.25, 0.3) is 0 Å². The Kier molecular flexibility index (Phi) is 5.45. The quantitative estimate of drug-likeness (QED) is 0.747. The lowest BCUT2D eigenvalue weighted by atomic mass is 10.1. The molecule has 0 saturated carbocycles. The molecule has 0 saturated heterocycles. The van der Waals surface area contributed by atoms with Gasteiger partial charge in [-0.15, -0.1) is 0 Å². The molecule has 18 heavy (non-hydrogen) atoms. The van der Waals surface area contributed by atoms with Crippen LogP contribution < -0.4 is 16.4 Å². The number of rotatable bonds is 5. The Morgan fingerprint density at radius 2 is 1.94 bits per heavy atom. The monoisotopic (exact) mass is 269 g/mol. The van der Waals surface area contributed by atoms with Crippen LogP contribution in [-0.4, -0.2) is 24.5 Å². The number of primary amides is 1. The van der Waals surface area contributed by atoms with Gasteiger partial charge in [0.15, 0.2) is 0 Å². The third-order valence-corrected chi connectivity index (χ3v) is 2.63. The molecular formula is C12H16ClN3O2. The first-order valence-corrected chi connectivity index (χ1v) is 5.95. The summed E-state index contributed by atoms with van der Waals surface area (Å²) >= 11 is 5.76. The molecule has 0 fully saturated rings. The molecule has 6 heteroatoms. The van der Waals surface area contributed by atoms with E-state index >= 15 is 0 Å². The van der Waals surface area contributed by atoms with Gasteiger partial charge in [-0.25, -0.2) is 4.79 Å². The zero-order valence-corrected chi connectivity index (χ0v) is 10.8. The van der Waals surface area contributed by atoms with Crippen LogP contribution in [0.1, 0.15) is 12.5 Å². The number of halogens is 1. The van der Waals surface area contributed by atoms with Crippen molar-refractivity contribution in [2.45, 2.75) is 19.4 Å². The Bertz CT molecular complexity index is 420. The number of urea groups is 1. The van der Waals surface area contributed by atoms with Crippen molar-refractivity contribution in [3.05, 3.63) is 34.9 Å². The molecule has 0 radical (unpaired) electrons. The van der Waals surface area contributed by atoms with E-state index in [2.05, 4.69) is 10.6 Å². The Hall–Kier alpha value is -1.75. The molecule has 5 nitrogen and oxygen atoms in total. The van der Waals surface area contributed by atoms with E-state index in [-0.39, 0.29) is 5.91 Å². The van der Waals surface area contributed by atoms with Crippen molar-refractivity contribution in [3.63, 3.8) is 0 Å². The molecule has 98 valence electrons. The fraction of sp³-hybridized carbons (Fsp3) is 0.333. The van der Waals surface area contributed by atoms with Crippen molar-refractivity contribution in [2.24, 2.45) is 5.73 Å². The first-order valence-electron chi connectivity index (χ1n) is 5.57. The second-order valence-corrected chi connectivity index (χ2v) is 4.33. The average Bonchev–Trinajstić information content (AvgIpc) is 2.30. The minimum atomic E-state index is -0.713. The highest BCUT2D eigenvalue weighted by molar-refractivity contribution is 6.30. The van der Waals surface area contributed by atoms with Crippen LogP contribution in [0.2, 0.25) is 5.02 Å².